The number of hydrogen-bond acceptors (Lipinski definition) is 3. The zero-order valence-electron chi connectivity index (χ0n) is 8.66. The van der Waals surface area contributed by atoms with E-state index in [1.165, 1.54) is 25.0 Å². The predicted molar refractivity (Wildman–Crippen MR) is 57.4 cm³/mol. The molecule has 0 spiro atoms. The third kappa shape index (κ3) is 2.03. The highest BCUT2D eigenvalue weighted by Gasteiger charge is 2.20. The molecular weight excluding hydrogens is 174 g/mol. The van der Waals surface area contributed by atoms with Crippen molar-refractivity contribution in [2.75, 3.05) is 11.9 Å². The lowest BCUT2D eigenvalue weighted by atomic mass is 9.83. The number of nitrogens with zero attached hydrogens (tertiary/aromatic N) is 2. The summed E-state index contributed by atoms with van der Waals surface area (Å²) in [6, 6.07) is 2.10. The minimum absolute atomic E-state index is 0.695. The first-order valence-electron chi connectivity index (χ1n) is 5.46. The zero-order valence-corrected chi connectivity index (χ0v) is 8.66. The summed E-state index contributed by atoms with van der Waals surface area (Å²) in [5.41, 5.74) is 1.21. The maximum absolute atomic E-state index is 4.32. The lowest BCUT2D eigenvalue weighted by molar-refractivity contribution is 0.411. The highest BCUT2D eigenvalue weighted by Crippen LogP contribution is 2.35. The Bertz CT molecular complexity index is 294. The molecule has 1 fully saturated rings. The van der Waals surface area contributed by atoms with E-state index >= 15 is 0 Å². The quantitative estimate of drug-likeness (QED) is 0.794. The molecule has 0 saturated heterocycles. The monoisotopic (exact) mass is 191 g/mol. The first-order valence-corrected chi connectivity index (χ1v) is 5.46. The number of rotatable bonds is 4. The first kappa shape index (κ1) is 9.44. The first-order chi connectivity index (χ1) is 6.90. The van der Waals surface area contributed by atoms with E-state index in [0.717, 1.165) is 18.8 Å². The fourth-order valence-corrected chi connectivity index (χ4v) is 1.65. The van der Waals surface area contributed by atoms with Crippen molar-refractivity contribution in [3.05, 3.63) is 18.1 Å². The van der Waals surface area contributed by atoms with Crippen LogP contribution in [0.25, 0.3) is 0 Å². The summed E-state index contributed by atoms with van der Waals surface area (Å²) >= 11 is 0. The van der Waals surface area contributed by atoms with E-state index in [4.69, 9.17) is 0 Å². The van der Waals surface area contributed by atoms with E-state index in [0.29, 0.717) is 5.92 Å². The lowest BCUT2D eigenvalue weighted by Crippen LogP contribution is -2.12. The van der Waals surface area contributed by atoms with Gasteiger partial charge in [-0.1, -0.05) is 13.3 Å². The number of aromatic nitrogens is 2. The highest BCUT2D eigenvalue weighted by molar-refractivity contribution is 5.36. The summed E-state index contributed by atoms with van der Waals surface area (Å²) in [6.07, 6.45) is 6.75. The molecule has 0 bridgehead atoms. The van der Waals surface area contributed by atoms with Crippen molar-refractivity contribution in [2.45, 2.75) is 38.5 Å². The number of anilines is 1. The van der Waals surface area contributed by atoms with Crippen LogP contribution in [-0.4, -0.2) is 16.5 Å². The van der Waals surface area contributed by atoms with Crippen molar-refractivity contribution in [3.63, 3.8) is 0 Å². The molecule has 14 heavy (non-hydrogen) atoms. The van der Waals surface area contributed by atoms with Gasteiger partial charge in [-0.25, -0.2) is 9.97 Å². The number of hydrogen-bond donors (Lipinski definition) is 1. The summed E-state index contributed by atoms with van der Waals surface area (Å²) in [7, 11) is 0. The maximum atomic E-state index is 4.32. The SMILES string of the molecule is CCCNc1cc(C2CCC2)ncn1. The van der Waals surface area contributed by atoms with Crippen LogP contribution in [0.2, 0.25) is 0 Å². The second kappa shape index (κ2) is 4.40. The topological polar surface area (TPSA) is 37.8 Å². The van der Waals surface area contributed by atoms with Gasteiger partial charge in [-0.2, -0.15) is 0 Å². The Morgan fingerprint density at radius 1 is 1.43 bits per heavy atom. The molecule has 3 heteroatoms. The van der Waals surface area contributed by atoms with Gasteiger partial charge in [0.2, 0.25) is 0 Å². The summed E-state index contributed by atoms with van der Waals surface area (Å²) in [5.74, 6) is 1.67. The van der Waals surface area contributed by atoms with Gasteiger partial charge in [-0.15, -0.1) is 0 Å². The van der Waals surface area contributed by atoms with Crippen molar-refractivity contribution in [1.29, 1.82) is 0 Å². The van der Waals surface area contributed by atoms with Gasteiger partial charge in [-0.05, 0) is 19.3 Å². The average molecular weight is 191 g/mol. The van der Waals surface area contributed by atoms with E-state index in [2.05, 4.69) is 28.3 Å². The standard InChI is InChI=1S/C11H17N3/c1-2-6-12-11-7-10(13-8-14-11)9-4-3-5-9/h7-9H,2-6H2,1H3,(H,12,13,14). The molecule has 76 valence electrons. The normalized spacial score (nSPS) is 16.4. The summed E-state index contributed by atoms with van der Waals surface area (Å²) in [4.78, 5) is 8.51. The fourth-order valence-electron chi connectivity index (χ4n) is 1.65. The summed E-state index contributed by atoms with van der Waals surface area (Å²) in [5, 5.41) is 3.29. The Morgan fingerprint density at radius 2 is 2.29 bits per heavy atom. The van der Waals surface area contributed by atoms with Gasteiger partial charge in [0.15, 0.2) is 0 Å². The van der Waals surface area contributed by atoms with Gasteiger partial charge in [0.25, 0.3) is 0 Å². The second-order valence-corrected chi connectivity index (χ2v) is 3.88. The molecule has 1 aliphatic carbocycles. The van der Waals surface area contributed by atoms with Crippen molar-refractivity contribution >= 4 is 5.82 Å². The van der Waals surface area contributed by atoms with Crippen LogP contribution >= 0.6 is 0 Å². The molecule has 0 radical (unpaired) electrons. The molecule has 0 unspecified atom stereocenters. The van der Waals surface area contributed by atoms with Gasteiger partial charge in [0, 0.05) is 24.2 Å². The molecule has 1 saturated carbocycles. The van der Waals surface area contributed by atoms with Gasteiger partial charge in [-0.3, -0.25) is 0 Å². The van der Waals surface area contributed by atoms with E-state index in [-0.39, 0.29) is 0 Å². The molecule has 0 amide bonds. The molecule has 0 aliphatic heterocycles. The molecule has 3 nitrogen and oxygen atoms in total. The van der Waals surface area contributed by atoms with E-state index in [1.807, 2.05) is 0 Å². The van der Waals surface area contributed by atoms with Crippen molar-refractivity contribution in [1.82, 2.24) is 9.97 Å². The predicted octanol–water partition coefficient (Wildman–Crippen LogP) is 2.57. The van der Waals surface area contributed by atoms with Gasteiger partial charge in [0.05, 0.1) is 0 Å². The van der Waals surface area contributed by atoms with E-state index < -0.39 is 0 Å². The minimum Gasteiger partial charge on any atom is -0.370 e. The molecule has 0 atom stereocenters. The Morgan fingerprint density at radius 3 is 2.93 bits per heavy atom. The van der Waals surface area contributed by atoms with Crippen LogP contribution in [0.5, 0.6) is 0 Å². The van der Waals surface area contributed by atoms with Gasteiger partial charge < -0.3 is 5.32 Å². The smallest absolute Gasteiger partial charge is 0.129 e. The molecule has 1 N–H and O–H groups in total. The Labute approximate surface area is 85.0 Å². The Balaban J connectivity index is 2.02. The van der Waals surface area contributed by atoms with Crippen LogP contribution in [0.3, 0.4) is 0 Å². The van der Waals surface area contributed by atoms with Crippen LogP contribution in [0.1, 0.15) is 44.2 Å². The van der Waals surface area contributed by atoms with Gasteiger partial charge >= 0.3 is 0 Å². The lowest BCUT2D eigenvalue weighted by Gasteiger charge is -2.24. The summed E-state index contributed by atoms with van der Waals surface area (Å²) in [6.45, 7) is 3.14. The zero-order chi connectivity index (χ0) is 9.80. The molecule has 0 aromatic carbocycles. The van der Waals surface area contributed by atoms with Crippen LogP contribution in [-0.2, 0) is 0 Å². The fraction of sp³-hybridized carbons (Fsp3) is 0.636. The van der Waals surface area contributed by atoms with E-state index in [9.17, 15) is 0 Å². The van der Waals surface area contributed by atoms with Crippen molar-refractivity contribution < 1.29 is 0 Å². The van der Waals surface area contributed by atoms with Crippen LogP contribution in [0.4, 0.5) is 5.82 Å². The Hall–Kier alpha value is -1.12. The molecule has 1 heterocycles. The average Bonchev–Trinajstić information content (AvgIpc) is 2.13. The van der Waals surface area contributed by atoms with Crippen LogP contribution in [0, 0.1) is 0 Å². The molecule has 1 aliphatic rings. The third-order valence-corrected chi connectivity index (χ3v) is 2.77. The van der Waals surface area contributed by atoms with Gasteiger partial charge in [0.1, 0.15) is 12.1 Å². The molecule has 1 aromatic heterocycles. The summed E-state index contributed by atoms with van der Waals surface area (Å²) < 4.78 is 0. The maximum Gasteiger partial charge on any atom is 0.129 e. The van der Waals surface area contributed by atoms with E-state index in [1.54, 1.807) is 6.33 Å². The third-order valence-electron chi connectivity index (χ3n) is 2.77. The Kier molecular flexibility index (Phi) is 2.96. The minimum atomic E-state index is 0.695. The van der Waals surface area contributed by atoms with Crippen LogP contribution < -0.4 is 5.32 Å². The highest BCUT2D eigenvalue weighted by atomic mass is 15.0. The molecular formula is C11H17N3. The van der Waals surface area contributed by atoms with Crippen molar-refractivity contribution in [3.8, 4) is 0 Å². The van der Waals surface area contributed by atoms with Crippen molar-refractivity contribution in [2.24, 2.45) is 0 Å². The molecule has 1 aromatic rings. The second-order valence-electron chi connectivity index (χ2n) is 3.88. The molecule has 2 rings (SSSR count). The largest absolute Gasteiger partial charge is 0.370 e. The number of nitrogens with one attached hydrogen (secondary N) is 1. The van der Waals surface area contributed by atoms with Crippen LogP contribution in [0.15, 0.2) is 12.4 Å².